The SMILES string of the molecule is NC1(C(=O)Nc2ccc(N3CCCCC3)cn2)CCCC1. The highest BCUT2D eigenvalue weighted by Crippen LogP contribution is 2.28. The molecular formula is C16H24N4O. The standard InChI is InChI=1S/C16H24N4O/c17-16(8-2-3-9-16)15(21)19-14-7-6-13(12-18-14)20-10-4-1-5-11-20/h6-7,12H,1-5,8-11,17H2,(H,18,19,21). The van der Waals surface area contributed by atoms with Gasteiger partial charge in [0.25, 0.3) is 0 Å². The van der Waals surface area contributed by atoms with E-state index in [9.17, 15) is 4.79 Å². The molecule has 1 amide bonds. The van der Waals surface area contributed by atoms with Gasteiger partial charge >= 0.3 is 0 Å². The van der Waals surface area contributed by atoms with E-state index >= 15 is 0 Å². The number of carbonyl (C=O) groups excluding carboxylic acids is 1. The highest BCUT2D eigenvalue weighted by Gasteiger charge is 2.37. The molecule has 1 aromatic rings. The van der Waals surface area contributed by atoms with Crippen LogP contribution in [0.15, 0.2) is 18.3 Å². The van der Waals surface area contributed by atoms with Gasteiger partial charge < -0.3 is 16.0 Å². The van der Waals surface area contributed by atoms with Crippen molar-refractivity contribution in [1.29, 1.82) is 0 Å². The molecule has 5 heteroatoms. The van der Waals surface area contributed by atoms with Crippen molar-refractivity contribution < 1.29 is 4.79 Å². The number of carbonyl (C=O) groups is 1. The largest absolute Gasteiger partial charge is 0.370 e. The van der Waals surface area contributed by atoms with Gasteiger partial charge in [-0.1, -0.05) is 12.8 Å². The van der Waals surface area contributed by atoms with Crippen molar-refractivity contribution in [1.82, 2.24) is 4.98 Å². The summed E-state index contributed by atoms with van der Waals surface area (Å²) in [5.74, 6) is 0.496. The van der Waals surface area contributed by atoms with Crippen LogP contribution in [0.4, 0.5) is 11.5 Å². The topological polar surface area (TPSA) is 71.2 Å². The summed E-state index contributed by atoms with van der Waals surface area (Å²) in [7, 11) is 0. The van der Waals surface area contributed by atoms with Crippen LogP contribution < -0.4 is 16.0 Å². The van der Waals surface area contributed by atoms with Crippen LogP contribution in [-0.4, -0.2) is 29.5 Å². The van der Waals surface area contributed by atoms with Crippen LogP contribution in [0.5, 0.6) is 0 Å². The van der Waals surface area contributed by atoms with Crippen molar-refractivity contribution in [2.75, 3.05) is 23.3 Å². The van der Waals surface area contributed by atoms with Crippen molar-refractivity contribution in [2.24, 2.45) is 5.73 Å². The molecule has 0 bridgehead atoms. The first-order valence-electron chi connectivity index (χ1n) is 7.99. The molecule has 1 aliphatic carbocycles. The third-order valence-corrected chi connectivity index (χ3v) is 4.66. The second-order valence-electron chi connectivity index (χ2n) is 6.27. The zero-order valence-corrected chi connectivity index (χ0v) is 12.5. The Morgan fingerprint density at radius 1 is 1.14 bits per heavy atom. The Bertz CT molecular complexity index is 488. The van der Waals surface area contributed by atoms with Crippen LogP contribution in [0.1, 0.15) is 44.9 Å². The number of nitrogens with two attached hydrogens (primary N) is 1. The van der Waals surface area contributed by atoms with E-state index < -0.39 is 5.54 Å². The molecule has 2 fully saturated rings. The second-order valence-corrected chi connectivity index (χ2v) is 6.27. The summed E-state index contributed by atoms with van der Waals surface area (Å²) in [6.07, 6.45) is 9.25. The summed E-state index contributed by atoms with van der Waals surface area (Å²) in [5.41, 5.74) is 6.58. The van der Waals surface area contributed by atoms with Gasteiger partial charge in [-0.2, -0.15) is 0 Å². The Hall–Kier alpha value is -1.62. The minimum absolute atomic E-state index is 0.0989. The summed E-state index contributed by atoms with van der Waals surface area (Å²) < 4.78 is 0. The number of hydrogen-bond acceptors (Lipinski definition) is 4. The molecule has 3 rings (SSSR count). The summed E-state index contributed by atoms with van der Waals surface area (Å²) in [6.45, 7) is 2.19. The first-order valence-corrected chi connectivity index (χ1v) is 7.99. The van der Waals surface area contributed by atoms with E-state index in [0.29, 0.717) is 5.82 Å². The summed E-state index contributed by atoms with van der Waals surface area (Å²) in [6, 6.07) is 3.91. The zero-order valence-electron chi connectivity index (χ0n) is 12.5. The van der Waals surface area contributed by atoms with Gasteiger partial charge in [-0.05, 0) is 44.2 Å². The molecule has 1 saturated carbocycles. The van der Waals surface area contributed by atoms with E-state index in [1.807, 2.05) is 18.3 Å². The number of amides is 1. The molecule has 2 heterocycles. The van der Waals surface area contributed by atoms with Gasteiger partial charge in [0.1, 0.15) is 5.82 Å². The van der Waals surface area contributed by atoms with E-state index in [1.165, 1.54) is 19.3 Å². The van der Waals surface area contributed by atoms with E-state index in [4.69, 9.17) is 5.73 Å². The molecule has 0 radical (unpaired) electrons. The zero-order chi connectivity index (χ0) is 14.7. The van der Waals surface area contributed by atoms with Gasteiger partial charge in [-0.3, -0.25) is 4.79 Å². The van der Waals surface area contributed by atoms with Crippen LogP contribution in [0, 0.1) is 0 Å². The predicted octanol–water partition coefficient (Wildman–Crippen LogP) is 2.28. The number of anilines is 2. The molecule has 5 nitrogen and oxygen atoms in total. The second kappa shape index (κ2) is 6.02. The lowest BCUT2D eigenvalue weighted by molar-refractivity contribution is -0.121. The minimum Gasteiger partial charge on any atom is -0.370 e. The number of pyridine rings is 1. The van der Waals surface area contributed by atoms with Crippen LogP contribution >= 0.6 is 0 Å². The third kappa shape index (κ3) is 3.18. The van der Waals surface area contributed by atoms with Gasteiger partial charge in [-0.15, -0.1) is 0 Å². The summed E-state index contributed by atoms with van der Waals surface area (Å²) in [4.78, 5) is 19.0. The lowest BCUT2D eigenvalue weighted by atomic mass is 9.98. The molecule has 0 aromatic carbocycles. The maximum absolute atomic E-state index is 12.2. The molecule has 0 spiro atoms. The van der Waals surface area contributed by atoms with Crippen LogP contribution in [0.3, 0.4) is 0 Å². The Balaban J connectivity index is 1.62. The average molecular weight is 288 g/mol. The van der Waals surface area contributed by atoms with Crippen molar-refractivity contribution in [3.8, 4) is 0 Å². The number of hydrogen-bond donors (Lipinski definition) is 2. The summed E-state index contributed by atoms with van der Waals surface area (Å²) in [5, 5.41) is 2.86. The Labute approximate surface area is 125 Å². The quantitative estimate of drug-likeness (QED) is 0.895. The number of nitrogens with one attached hydrogen (secondary N) is 1. The fraction of sp³-hybridized carbons (Fsp3) is 0.625. The predicted molar refractivity (Wildman–Crippen MR) is 84.3 cm³/mol. The fourth-order valence-electron chi connectivity index (χ4n) is 3.27. The number of piperidine rings is 1. The molecule has 2 aliphatic rings. The molecular weight excluding hydrogens is 264 g/mol. The van der Waals surface area contributed by atoms with E-state index in [-0.39, 0.29) is 5.91 Å². The molecule has 1 aromatic heterocycles. The Morgan fingerprint density at radius 3 is 2.48 bits per heavy atom. The van der Waals surface area contributed by atoms with Crippen molar-refractivity contribution in [3.05, 3.63) is 18.3 Å². The van der Waals surface area contributed by atoms with Gasteiger partial charge in [-0.25, -0.2) is 4.98 Å². The normalized spacial score (nSPS) is 21.3. The maximum atomic E-state index is 12.2. The molecule has 114 valence electrons. The first kappa shape index (κ1) is 14.3. The average Bonchev–Trinajstić information content (AvgIpc) is 2.97. The monoisotopic (exact) mass is 288 g/mol. The van der Waals surface area contributed by atoms with Gasteiger partial charge in [0.05, 0.1) is 17.4 Å². The molecule has 3 N–H and O–H groups in total. The summed E-state index contributed by atoms with van der Waals surface area (Å²) >= 11 is 0. The fourth-order valence-corrected chi connectivity index (χ4v) is 3.27. The highest BCUT2D eigenvalue weighted by atomic mass is 16.2. The molecule has 21 heavy (non-hydrogen) atoms. The van der Waals surface area contributed by atoms with Gasteiger partial charge in [0.15, 0.2) is 0 Å². The van der Waals surface area contributed by atoms with Crippen LogP contribution in [0.25, 0.3) is 0 Å². The maximum Gasteiger partial charge on any atom is 0.245 e. The Kier molecular flexibility index (Phi) is 4.10. The lowest BCUT2D eigenvalue weighted by Crippen LogP contribution is -2.48. The third-order valence-electron chi connectivity index (χ3n) is 4.66. The number of rotatable bonds is 3. The number of aromatic nitrogens is 1. The molecule has 0 unspecified atom stereocenters. The van der Waals surface area contributed by atoms with Crippen molar-refractivity contribution in [2.45, 2.75) is 50.5 Å². The van der Waals surface area contributed by atoms with Gasteiger partial charge in [0, 0.05) is 13.1 Å². The van der Waals surface area contributed by atoms with E-state index in [2.05, 4.69) is 15.2 Å². The highest BCUT2D eigenvalue weighted by molar-refractivity contribution is 5.97. The van der Waals surface area contributed by atoms with E-state index in [1.54, 1.807) is 0 Å². The smallest absolute Gasteiger partial charge is 0.245 e. The van der Waals surface area contributed by atoms with Crippen molar-refractivity contribution in [3.63, 3.8) is 0 Å². The van der Waals surface area contributed by atoms with Crippen molar-refractivity contribution >= 4 is 17.4 Å². The number of nitrogens with zero attached hydrogens (tertiary/aromatic N) is 2. The first-order chi connectivity index (χ1) is 10.2. The lowest BCUT2D eigenvalue weighted by Gasteiger charge is -2.28. The van der Waals surface area contributed by atoms with Crippen LogP contribution in [-0.2, 0) is 4.79 Å². The molecule has 1 aliphatic heterocycles. The van der Waals surface area contributed by atoms with Crippen LogP contribution in [0.2, 0.25) is 0 Å². The molecule has 0 atom stereocenters. The van der Waals surface area contributed by atoms with E-state index in [0.717, 1.165) is 44.5 Å². The minimum atomic E-state index is -0.701. The van der Waals surface area contributed by atoms with Gasteiger partial charge in [0.2, 0.25) is 5.91 Å². The molecule has 1 saturated heterocycles. The Morgan fingerprint density at radius 2 is 1.86 bits per heavy atom.